The SMILES string of the molecule is O=C1NCCc2c(NCC3CCN(c4ccccc4F)C3)nc(C3CC3)nc21. The number of fused-ring (bicyclic) bond motifs is 1. The van der Waals surface area contributed by atoms with Gasteiger partial charge >= 0.3 is 0 Å². The molecule has 6 nitrogen and oxygen atoms in total. The molecule has 146 valence electrons. The number of rotatable bonds is 5. The van der Waals surface area contributed by atoms with Crippen molar-refractivity contribution in [2.24, 2.45) is 5.92 Å². The lowest BCUT2D eigenvalue weighted by atomic mass is 10.1. The van der Waals surface area contributed by atoms with Crippen LogP contribution in [0, 0.1) is 11.7 Å². The molecule has 3 heterocycles. The second-order valence-electron chi connectivity index (χ2n) is 7.97. The first-order valence-corrected chi connectivity index (χ1v) is 10.1. The lowest BCUT2D eigenvalue weighted by Gasteiger charge is -2.22. The first-order chi connectivity index (χ1) is 13.7. The van der Waals surface area contributed by atoms with Crippen LogP contribution >= 0.6 is 0 Å². The minimum Gasteiger partial charge on any atom is -0.369 e. The number of carbonyl (C=O) groups is 1. The van der Waals surface area contributed by atoms with E-state index < -0.39 is 0 Å². The number of para-hydroxylation sites is 1. The zero-order valence-electron chi connectivity index (χ0n) is 15.7. The molecule has 1 saturated carbocycles. The summed E-state index contributed by atoms with van der Waals surface area (Å²) in [6.07, 6.45) is 3.95. The Balaban J connectivity index is 1.31. The first-order valence-electron chi connectivity index (χ1n) is 10.1. The molecule has 1 aliphatic carbocycles. The van der Waals surface area contributed by atoms with Gasteiger partial charge in [0.15, 0.2) is 0 Å². The second kappa shape index (κ2) is 7.04. The Bertz CT molecular complexity index is 914. The fourth-order valence-corrected chi connectivity index (χ4v) is 4.15. The van der Waals surface area contributed by atoms with E-state index in [1.807, 2.05) is 12.1 Å². The van der Waals surface area contributed by atoms with Gasteiger partial charge < -0.3 is 15.5 Å². The number of hydrogen-bond acceptors (Lipinski definition) is 5. The molecule has 1 saturated heterocycles. The number of anilines is 2. The number of aromatic nitrogens is 2. The average molecular weight is 381 g/mol. The zero-order chi connectivity index (χ0) is 19.1. The highest BCUT2D eigenvalue weighted by Crippen LogP contribution is 2.39. The summed E-state index contributed by atoms with van der Waals surface area (Å²) in [7, 11) is 0. The topological polar surface area (TPSA) is 70.2 Å². The Labute approximate surface area is 163 Å². The Morgan fingerprint density at radius 2 is 2.07 bits per heavy atom. The summed E-state index contributed by atoms with van der Waals surface area (Å²) in [6, 6.07) is 6.95. The Morgan fingerprint density at radius 1 is 1.21 bits per heavy atom. The molecule has 1 atom stereocenters. The van der Waals surface area contributed by atoms with E-state index in [0.717, 1.165) is 62.5 Å². The molecule has 1 amide bonds. The van der Waals surface area contributed by atoms with E-state index >= 15 is 0 Å². The standard InChI is InChI=1S/C21H24FN5O/c22-16-3-1-2-4-17(16)27-10-8-13(12-27)11-24-20-15-7-9-23-21(28)18(15)25-19(26-20)14-5-6-14/h1-4,13-14H,5-12H2,(H,23,28)(H,24,25,26). The summed E-state index contributed by atoms with van der Waals surface area (Å²) in [6.45, 7) is 3.05. The summed E-state index contributed by atoms with van der Waals surface area (Å²) in [5.41, 5.74) is 2.14. The van der Waals surface area contributed by atoms with Crippen molar-refractivity contribution in [2.75, 3.05) is 36.4 Å². The molecule has 1 unspecified atom stereocenters. The maximum absolute atomic E-state index is 14.1. The maximum Gasteiger partial charge on any atom is 0.270 e. The maximum atomic E-state index is 14.1. The largest absolute Gasteiger partial charge is 0.369 e. The molecule has 1 aromatic carbocycles. The molecule has 2 fully saturated rings. The van der Waals surface area contributed by atoms with Crippen LogP contribution in [0.2, 0.25) is 0 Å². The van der Waals surface area contributed by atoms with E-state index in [-0.39, 0.29) is 11.7 Å². The number of halogens is 1. The van der Waals surface area contributed by atoms with Gasteiger partial charge in [-0.05, 0) is 43.7 Å². The van der Waals surface area contributed by atoms with Crippen LogP contribution in [0.15, 0.2) is 24.3 Å². The number of nitrogens with one attached hydrogen (secondary N) is 2. The van der Waals surface area contributed by atoms with Gasteiger partial charge in [0.25, 0.3) is 5.91 Å². The van der Waals surface area contributed by atoms with Crippen LogP contribution in [-0.2, 0) is 6.42 Å². The summed E-state index contributed by atoms with van der Waals surface area (Å²) in [5, 5.41) is 6.37. The summed E-state index contributed by atoms with van der Waals surface area (Å²) >= 11 is 0. The summed E-state index contributed by atoms with van der Waals surface area (Å²) < 4.78 is 14.1. The number of amides is 1. The molecular formula is C21H24FN5O. The minimum absolute atomic E-state index is 0.0970. The lowest BCUT2D eigenvalue weighted by Crippen LogP contribution is -2.34. The van der Waals surface area contributed by atoms with Crippen molar-refractivity contribution in [1.29, 1.82) is 0 Å². The van der Waals surface area contributed by atoms with Gasteiger partial charge in [0.2, 0.25) is 0 Å². The van der Waals surface area contributed by atoms with Crippen LogP contribution < -0.4 is 15.5 Å². The van der Waals surface area contributed by atoms with Crippen LogP contribution in [0.1, 0.15) is 47.1 Å². The minimum atomic E-state index is -0.166. The van der Waals surface area contributed by atoms with E-state index in [1.165, 1.54) is 6.07 Å². The molecule has 3 aliphatic rings. The Kier molecular flexibility index (Phi) is 4.37. The highest BCUT2D eigenvalue weighted by molar-refractivity contribution is 5.96. The van der Waals surface area contributed by atoms with Crippen molar-refractivity contribution in [3.05, 3.63) is 47.2 Å². The van der Waals surface area contributed by atoms with E-state index in [1.54, 1.807) is 6.07 Å². The smallest absolute Gasteiger partial charge is 0.270 e. The van der Waals surface area contributed by atoms with E-state index in [9.17, 15) is 9.18 Å². The van der Waals surface area contributed by atoms with Gasteiger partial charge in [-0.3, -0.25) is 4.79 Å². The normalized spacial score (nSPS) is 21.4. The monoisotopic (exact) mass is 381 g/mol. The van der Waals surface area contributed by atoms with Crippen LogP contribution in [-0.4, -0.2) is 42.1 Å². The van der Waals surface area contributed by atoms with Crippen molar-refractivity contribution < 1.29 is 9.18 Å². The molecule has 0 bridgehead atoms. The molecule has 5 rings (SSSR count). The van der Waals surface area contributed by atoms with Crippen molar-refractivity contribution in [3.63, 3.8) is 0 Å². The van der Waals surface area contributed by atoms with Crippen molar-refractivity contribution in [1.82, 2.24) is 15.3 Å². The van der Waals surface area contributed by atoms with Crippen LogP contribution in [0.3, 0.4) is 0 Å². The Morgan fingerprint density at radius 3 is 2.89 bits per heavy atom. The van der Waals surface area contributed by atoms with Crippen molar-refractivity contribution in [2.45, 2.75) is 31.6 Å². The fourth-order valence-electron chi connectivity index (χ4n) is 4.15. The van der Waals surface area contributed by atoms with E-state index in [2.05, 4.69) is 20.5 Å². The molecular weight excluding hydrogens is 357 g/mol. The third-order valence-corrected chi connectivity index (χ3v) is 5.88. The molecule has 2 aliphatic heterocycles. The van der Waals surface area contributed by atoms with Crippen LogP contribution in [0.25, 0.3) is 0 Å². The van der Waals surface area contributed by atoms with E-state index in [0.29, 0.717) is 29.8 Å². The predicted molar refractivity (Wildman–Crippen MR) is 105 cm³/mol. The van der Waals surface area contributed by atoms with Gasteiger partial charge in [0.05, 0.1) is 5.69 Å². The van der Waals surface area contributed by atoms with Crippen LogP contribution in [0.5, 0.6) is 0 Å². The lowest BCUT2D eigenvalue weighted by molar-refractivity contribution is 0.0940. The van der Waals surface area contributed by atoms with Gasteiger partial charge in [-0.15, -0.1) is 0 Å². The third kappa shape index (κ3) is 3.30. The van der Waals surface area contributed by atoms with Crippen molar-refractivity contribution >= 4 is 17.4 Å². The molecule has 2 N–H and O–H groups in total. The Hall–Kier alpha value is -2.70. The fraction of sp³-hybridized carbons (Fsp3) is 0.476. The predicted octanol–water partition coefficient (Wildman–Crippen LogP) is 2.72. The van der Waals surface area contributed by atoms with Crippen molar-refractivity contribution in [3.8, 4) is 0 Å². The van der Waals surface area contributed by atoms with Gasteiger partial charge in [0.1, 0.15) is 23.2 Å². The summed E-state index contributed by atoms with van der Waals surface area (Å²) in [4.78, 5) is 23.7. The number of nitrogens with zero attached hydrogens (tertiary/aromatic N) is 3. The van der Waals surface area contributed by atoms with Gasteiger partial charge in [-0.1, -0.05) is 12.1 Å². The molecule has 2 aromatic rings. The number of benzene rings is 1. The zero-order valence-corrected chi connectivity index (χ0v) is 15.7. The molecule has 7 heteroatoms. The molecule has 28 heavy (non-hydrogen) atoms. The number of carbonyl (C=O) groups excluding carboxylic acids is 1. The third-order valence-electron chi connectivity index (χ3n) is 5.88. The molecule has 0 spiro atoms. The molecule has 0 radical (unpaired) electrons. The van der Waals surface area contributed by atoms with Gasteiger partial charge in [-0.2, -0.15) is 0 Å². The van der Waals surface area contributed by atoms with Gasteiger partial charge in [0, 0.05) is 37.7 Å². The van der Waals surface area contributed by atoms with E-state index in [4.69, 9.17) is 4.98 Å². The van der Waals surface area contributed by atoms with Crippen LogP contribution in [0.4, 0.5) is 15.9 Å². The highest BCUT2D eigenvalue weighted by Gasteiger charge is 2.32. The highest BCUT2D eigenvalue weighted by atomic mass is 19.1. The molecule has 1 aromatic heterocycles. The van der Waals surface area contributed by atoms with Gasteiger partial charge in [-0.25, -0.2) is 14.4 Å². The quantitative estimate of drug-likeness (QED) is 0.833. The summed E-state index contributed by atoms with van der Waals surface area (Å²) in [5.74, 6) is 2.14. The average Bonchev–Trinajstić information content (AvgIpc) is 3.45. The first kappa shape index (κ1) is 17.4. The second-order valence-corrected chi connectivity index (χ2v) is 7.97. The number of hydrogen-bond donors (Lipinski definition) is 2.